The van der Waals surface area contributed by atoms with Crippen LogP contribution in [0.25, 0.3) is 0 Å². The summed E-state index contributed by atoms with van der Waals surface area (Å²) in [6.45, 7) is 5.73. The van der Waals surface area contributed by atoms with E-state index >= 15 is 0 Å². The van der Waals surface area contributed by atoms with Crippen LogP contribution in [0.2, 0.25) is 0 Å². The number of aliphatic hydroxyl groups excluding tert-OH is 5. The quantitative estimate of drug-likeness (QED) is 0.0195. The molecule has 1 amide bonds. The summed E-state index contributed by atoms with van der Waals surface area (Å²) in [6, 6.07) is -1.05. The molecular formula is C67H119NO10. The van der Waals surface area contributed by atoms with Gasteiger partial charge in [0.2, 0.25) is 5.91 Å². The summed E-state index contributed by atoms with van der Waals surface area (Å²) in [4.78, 5) is 26.5. The van der Waals surface area contributed by atoms with Gasteiger partial charge in [0.15, 0.2) is 12.4 Å². The van der Waals surface area contributed by atoms with Crippen molar-refractivity contribution in [2.24, 2.45) is 0 Å². The predicted octanol–water partition coefficient (Wildman–Crippen LogP) is 15.6. The summed E-state index contributed by atoms with van der Waals surface area (Å²) in [5.41, 5.74) is 0. The maximum atomic E-state index is 13.4. The molecule has 452 valence electrons. The normalized spacial score (nSPS) is 19.4. The van der Waals surface area contributed by atoms with Gasteiger partial charge < -0.3 is 45.1 Å². The number of rotatable bonds is 54. The molecule has 8 unspecified atom stereocenters. The molecular weight excluding hydrogens is 979 g/mol. The van der Waals surface area contributed by atoms with Crippen molar-refractivity contribution >= 4 is 11.9 Å². The second kappa shape index (κ2) is 54.7. The monoisotopic (exact) mass is 1100 g/mol. The Labute approximate surface area is 477 Å². The van der Waals surface area contributed by atoms with E-state index in [0.29, 0.717) is 12.8 Å². The van der Waals surface area contributed by atoms with Crippen LogP contribution in [0, 0.1) is 0 Å². The second-order valence-electron chi connectivity index (χ2n) is 22.1. The van der Waals surface area contributed by atoms with Crippen LogP contribution < -0.4 is 5.32 Å². The summed E-state index contributed by atoms with van der Waals surface area (Å²) in [5, 5.41) is 56.9. The van der Waals surface area contributed by atoms with Gasteiger partial charge in [0.25, 0.3) is 0 Å². The molecule has 1 aliphatic heterocycles. The highest BCUT2D eigenvalue weighted by atomic mass is 16.7. The van der Waals surface area contributed by atoms with Gasteiger partial charge in [0, 0.05) is 6.42 Å². The first-order valence-electron chi connectivity index (χ1n) is 32.2. The highest BCUT2D eigenvalue weighted by Crippen LogP contribution is 2.26. The lowest BCUT2D eigenvalue weighted by atomic mass is 9.99. The van der Waals surface area contributed by atoms with Crippen LogP contribution in [0.15, 0.2) is 72.9 Å². The molecule has 0 spiro atoms. The minimum absolute atomic E-state index is 0.115. The number of nitrogens with one attached hydrogen (secondary N) is 1. The fourth-order valence-corrected chi connectivity index (χ4v) is 9.70. The molecule has 0 radical (unpaired) electrons. The first-order chi connectivity index (χ1) is 38.2. The lowest BCUT2D eigenvalue weighted by Crippen LogP contribution is -2.61. The number of esters is 1. The van der Waals surface area contributed by atoms with Gasteiger partial charge in [-0.05, 0) is 89.9 Å². The Bertz CT molecular complexity index is 1540. The molecule has 0 aromatic carbocycles. The van der Waals surface area contributed by atoms with Crippen molar-refractivity contribution in [1.82, 2.24) is 5.32 Å². The molecule has 11 heteroatoms. The van der Waals surface area contributed by atoms with Crippen LogP contribution in [0.3, 0.4) is 0 Å². The molecule has 1 fully saturated rings. The topological polar surface area (TPSA) is 175 Å². The van der Waals surface area contributed by atoms with Crippen LogP contribution in [0.5, 0.6) is 0 Å². The van der Waals surface area contributed by atoms with E-state index in [-0.39, 0.29) is 19.4 Å². The minimum atomic E-state index is -1.63. The van der Waals surface area contributed by atoms with Crippen molar-refractivity contribution in [1.29, 1.82) is 0 Å². The Hall–Kier alpha value is -2.90. The zero-order chi connectivity index (χ0) is 56.8. The zero-order valence-corrected chi connectivity index (χ0v) is 50.0. The third-order valence-corrected chi connectivity index (χ3v) is 14.8. The number of hydrogen-bond donors (Lipinski definition) is 6. The van der Waals surface area contributed by atoms with Crippen LogP contribution in [0.4, 0.5) is 0 Å². The molecule has 11 nitrogen and oxygen atoms in total. The number of carbonyl (C=O) groups is 2. The first-order valence-corrected chi connectivity index (χ1v) is 32.2. The molecule has 1 saturated heterocycles. The van der Waals surface area contributed by atoms with Gasteiger partial charge in [-0.1, -0.05) is 254 Å². The maximum absolute atomic E-state index is 13.4. The molecule has 0 bridgehead atoms. The number of amides is 1. The Kier molecular flexibility index (Phi) is 51.3. The van der Waals surface area contributed by atoms with Crippen LogP contribution in [-0.2, 0) is 23.8 Å². The Morgan fingerprint density at radius 1 is 0.500 bits per heavy atom. The molecule has 0 aromatic rings. The Morgan fingerprint density at radius 2 is 0.885 bits per heavy atom. The molecule has 1 heterocycles. The van der Waals surface area contributed by atoms with Crippen LogP contribution >= 0.6 is 0 Å². The molecule has 0 aliphatic carbocycles. The van der Waals surface area contributed by atoms with Gasteiger partial charge in [0.1, 0.15) is 24.4 Å². The average Bonchev–Trinajstić information content (AvgIpc) is 3.44. The van der Waals surface area contributed by atoms with Crippen molar-refractivity contribution in [2.75, 3.05) is 13.2 Å². The Balaban J connectivity index is 2.68. The number of aliphatic hydroxyl groups is 5. The van der Waals surface area contributed by atoms with E-state index in [1.54, 1.807) is 6.08 Å². The van der Waals surface area contributed by atoms with Crippen LogP contribution in [0.1, 0.15) is 278 Å². The maximum Gasteiger partial charge on any atom is 0.306 e. The Morgan fingerprint density at radius 3 is 1.36 bits per heavy atom. The standard InChI is InChI=1S/C67H119NO10/c1-4-7-10-13-16-19-22-25-27-29-30-31-32-33-35-37-40-43-46-49-52-55-62(72)78-65-64(74)63(73)61(56-69)77-67(65)76-57-58(59(70)53-50-47-44-41-38-24-21-18-15-12-9-6-3)68-66(75)60(71)54-51-48-45-42-39-36-34-28-26-23-20-17-14-11-8-5-2/h17,20,25-28,36,39,45,48,50,53,58-61,63-65,67,69-71,73-74H,4-16,18-19,21-24,29-35,37-38,40-44,46-47,49,51-52,54-57H2,1-3H3,(H,68,75)/b20-17-,27-25+,28-26-,39-36-,48-45-,53-50+. The molecule has 0 aromatic heterocycles. The highest BCUT2D eigenvalue weighted by molar-refractivity contribution is 5.80. The number of hydrogen-bond acceptors (Lipinski definition) is 10. The largest absolute Gasteiger partial charge is 0.454 e. The first kappa shape index (κ1) is 73.1. The van der Waals surface area contributed by atoms with Gasteiger partial charge in [0.05, 0.1) is 25.4 Å². The average molecular weight is 1100 g/mol. The molecule has 6 N–H and O–H groups in total. The number of ether oxygens (including phenoxy) is 3. The van der Waals surface area contributed by atoms with E-state index in [2.05, 4.69) is 74.7 Å². The second-order valence-corrected chi connectivity index (χ2v) is 22.1. The predicted molar refractivity (Wildman–Crippen MR) is 324 cm³/mol. The number of allylic oxidation sites excluding steroid dienone is 11. The van der Waals surface area contributed by atoms with E-state index in [0.717, 1.165) is 70.6 Å². The third kappa shape index (κ3) is 42.0. The van der Waals surface area contributed by atoms with Crippen molar-refractivity contribution in [3.8, 4) is 0 Å². The molecule has 0 saturated carbocycles. The molecule has 78 heavy (non-hydrogen) atoms. The minimum Gasteiger partial charge on any atom is -0.454 e. The lowest BCUT2D eigenvalue weighted by Gasteiger charge is -2.41. The van der Waals surface area contributed by atoms with Crippen molar-refractivity contribution < 1.29 is 49.3 Å². The van der Waals surface area contributed by atoms with Crippen molar-refractivity contribution in [2.45, 2.75) is 327 Å². The van der Waals surface area contributed by atoms with Gasteiger partial charge >= 0.3 is 5.97 Å². The highest BCUT2D eigenvalue weighted by Gasteiger charge is 2.47. The summed E-state index contributed by atoms with van der Waals surface area (Å²) in [5.74, 6) is -1.25. The van der Waals surface area contributed by atoms with E-state index in [4.69, 9.17) is 14.2 Å². The third-order valence-electron chi connectivity index (χ3n) is 14.8. The van der Waals surface area contributed by atoms with Crippen molar-refractivity contribution in [3.63, 3.8) is 0 Å². The van der Waals surface area contributed by atoms with E-state index in [9.17, 15) is 35.1 Å². The lowest BCUT2D eigenvalue weighted by molar-refractivity contribution is -0.305. The molecule has 1 aliphatic rings. The van der Waals surface area contributed by atoms with Gasteiger partial charge in [-0.25, -0.2) is 0 Å². The van der Waals surface area contributed by atoms with Gasteiger partial charge in [-0.2, -0.15) is 0 Å². The zero-order valence-electron chi connectivity index (χ0n) is 50.0. The summed E-state index contributed by atoms with van der Waals surface area (Å²) in [6.07, 6.45) is 59.5. The number of carbonyl (C=O) groups excluding carboxylic acids is 2. The van der Waals surface area contributed by atoms with E-state index in [1.807, 2.05) is 18.2 Å². The van der Waals surface area contributed by atoms with E-state index in [1.165, 1.54) is 161 Å². The number of unbranched alkanes of at least 4 members (excludes halogenated alkanes) is 30. The molecule has 1 rings (SSSR count). The fraction of sp³-hybridized carbons (Fsp3) is 0.791. The van der Waals surface area contributed by atoms with Gasteiger partial charge in [-0.3, -0.25) is 9.59 Å². The molecule has 8 atom stereocenters. The van der Waals surface area contributed by atoms with Crippen LogP contribution in [-0.4, -0.2) is 99.6 Å². The summed E-state index contributed by atoms with van der Waals surface area (Å²) >= 11 is 0. The SMILES string of the molecule is CCCCC/C=C\C/C=C\C/C=C\C/C=C\CCC(O)C(=O)NC(COC1OC(CO)C(O)C(O)C1OC(=O)CCCCCCCCCCCCC/C=C/CCCCCCCC)C(O)/C=C/CCCCCCCCCCCC. The smallest absolute Gasteiger partial charge is 0.306 e. The fourth-order valence-electron chi connectivity index (χ4n) is 9.70. The summed E-state index contributed by atoms with van der Waals surface area (Å²) in [7, 11) is 0. The van der Waals surface area contributed by atoms with E-state index < -0.39 is 67.4 Å². The summed E-state index contributed by atoms with van der Waals surface area (Å²) < 4.78 is 17.6. The van der Waals surface area contributed by atoms with Crippen molar-refractivity contribution in [3.05, 3.63) is 72.9 Å². The van der Waals surface area contributed by atoms with Gasteiger partial charge in [-0.15, -0.1) is 0 Å².